The second-order valence-corrected chi connectivity index (χ2v) is 3.82. The Hall–Kier alpha value is -1.58. The summed E-state index contributed by atoms with van der Waals surface area (Å²) in [6.07, 6.45) is 4.52. The number of unbranched alkanes of at least 4 members (excludes halogenated alkanes) is 1. The number of carbonyl (C=O) groups is 2. The van der Waals surface area contributed by atoms with E-state index in [-0.39, 0.29) is 18.1 Å². The molecule has 0 saturated carbocycles. The third kappa shape index (κ3) is 7.33. The Morgan fingerprint density at radius 3 is 2.59 bits per heavy atom. The van der Waals surface area contributed by atoms with Gasteiger partial charge in [0, 0.05) is 17.6 Å². The highest BCUT2D eigenvalue weighted by Gasteiger charge is 2.07. The van der Waals surface area contributed by atoms with Crippen molar-refractivity contribution >= 4 is 11.9 Å². The number of carbonyl (C=O) groups excluding carboxylic acids is 1. The van der Waals surface area contributed by atoms with Crippen LogP contribution in [-0.2, 0) is 14.3 Å². The van der Waals surface area contributed by atoms with Crippen LogP contribution in [0.5, 0.6) is 0 Å². The Labute approximate surface area is 102 Å². The molecule has 0 rings (SSSR count). The molecule has 17 heavy (non-hydrogen) atoms. The number of carboxylic acid groups (broad SMARTS) is 1. The van der Waals surface area contributed by atoms with Crippen molar-refractivity contribution in [3.63, 3.8) is 0 Å². The van der Waals surface area contributed by atoms with E-state index in [1.165, 1.54) is 13.0 Å². The van der Waals surface area contributed by atoms with Crippen molar-refractivity contribution in [2.45, 2.75) is 39.5 Å². The van der Waals surface area contributed by atoms with Gasteiger partial charge in [-0.05, 0) is 19.8 Å². The maximum absolute atomic E-state index is 11.4. The predicted octanol–water partition coefficient (Wildman–Crippen LogP) is 2.70. The molecule has 0 aliphatic heterocycles. The van der Waals surface area contributed by atoms with Crippen LogP contribution >= 0.6 is 0 Å². The third-order valence-corrected chi connectivity index (χ3v) is 2.26. The SMILES string of the molecule is C=C(CCCC)C(=O)OCCC=C(C)C(=O)O. The van der Waals surface area contributed by atoms with Gasteiger partial charge in [-0.2, -0.15) is 0 Å². The maximum atomic E-state index is 11.4. The van der Waals surface area contributed by atoms with Crippen molar-refractivity contribution < 1.29 is 19.4 Å². The molecule has 0 radical (unpaired) electrons. The average Bonchev–Trinajstić information content (AvgIpc) is 2.30. The predicted molar refractivity (Wildman–Crippen MR) is 65.6 cm³/mol. The van der Waals surface area contributed by atoms with E-state index in [0.717, 1.165) is 12.8 Å². The molecule has 1 N–H and O–H groups in total. The zero-order valence-corrected chi connectivity index (χ0v) is 10.5. The Bertz CT molecular complexity index is 315. The van der Waals surface area contributed by atoms with Crippen molar-refractivity contribution in [3.05, 3.63) is 23.8 Å². The molecular formula is C13H20O4. The molecule has 0 saturated heterocycles. The van der Waals surface area contributed by atoms with Gasteiger partial charge >= 0.3 is 11.9 Å². The van der Waals surface area contributed by atoms with Crippen LogP contribution in [-0.4, -0.2) is 23.7 Å². The summed E-state index contributed by atoms with van der Waals surface area (Å²) in [5.41, 5.74) is 0.733. The van der Waals surface area contributed by atoms with Crippen molar-refractivity contribution in [1.29, 1.82) is 0 Å². The summed E-state index contributed by atoms with van der Waals surface area (Å²) >= 11 is 0. The monoisotopic (exact) mass is 240 g/mol. The van der Waals surface area contributed by atoms with Gasteiger partial charge in [-0.15, -0.1) is 0 Å². The lowest BCUT2D eigenvalue weighted by Crippen LogP contribution is -2.08. The molecule has 0 aliphatic rings. The van der Waals surface area contributed by atoms with E-state index in [2.05, 4.69) is 6.58 Å². The smallest absolute Gasteiger partial charge is 0.333 e. The van der Waals surface area contributed by atoms with Crippen molar-refractivity contribution in [3.8, 4) is 0 Å². The molecule has 0 heterocycles. The molecule has 0 aromatic carbocycles. The van der Waals surface area contributed by atoms with Crippen LogP contribution in [0.3, 0.4) is 0 Å². The van der Waals surface area contributed by atoms with Crippen molar-refractivity contribution in [2.24, 2.45) is 0 Å². The van der Waals surface area contributed by atoms with E-state index in [1.54, 1.807) is 0 Å². The van der Waals surface area contributed by atoms with Crippen LogP contribution in [0.25, 0.3) is 0 Å². The van der Waals surface area contributed by atoms with Gasteiger partial charge in [-0.3, -0.25) is 0 Å². The molecule has 4 heteroatoms. The molecule has 0 bridgehead atoms. The summed E-state index contributed by atoms with van der Waals surface area (Å²) in [5.74, 6) is -1.34. The highest BCUT2D eigenvalue weighted by atomic mass is 16.5. The summed E-state index contributed by atoms with van der Waals surface area (Å²) in [7, 11) is 0. The number of hydrogen-bond donors (Lipinski definition) is 1. The molecule has 0 atom stereocenters. The van der Waals surface area contributed by atoms with Crippen molar-refractivity contribution in [1.82, 2.24) is 0 Å². The van der Waals surface area contributed by atoms with Crippen LogP contribution in [0.4, 0.5) is 0 Å². The first-order chi connectivity index (χ1) is 7.99. The Kier molecular flexibility index (Phi) is 7.76. The first-order valence-electron chi connectivity index (χ1n) is 5.74. The zero-order chi connectivity index (χ0) is 13.3. The molecule has 4 nitrogen and oxygen atoms in total. The fraction of sp³-hybridized carbons (Fsp3) is 0.538. The Balaban J connectivity index is 3.82. The Morgan fingerprint density at radius 2 is 2.06 bits per heavy atom. The van der Waals surface area contributed by atoms with E-state index in [1.807, 2.05) is 6.92 Å². The molecule has 96 valence electrons. The highest BCUT2D eigenvalue weighted by Crippen LogP contribution is 2.07. The van der Waals surface area contributed by atoms with Gasteiger partial charge in [0.15, 0.2) is 0 Å². The number of hydrogen-bond acceptors (Lipinski definition) is 3. The van der Waals surface area contributed by atoms with Crippen LogP contribution < -0.4 is 0 Å². The largest absolute Gasteiger partial charge is 0.478 e. The minimum absolute atomic E-state index is 0.189. The summed E-state index contributed by atoms with van der Waals surface area (Å²) in [5, 5.41) is 8.59. The van der Waals surface area contributed by atoms with Crippen molar-refractivity contribution in [2.75, 3.05) is 6.61 Å². The second-order valence-electron chi connectivity index (χ2n) is 3.82. The summed E-state index contributed by atoms with van der Waals surface area (Å²) < 4.78 is 4.96. The van der Waals surface area contributed by atoms with E-state index < -0.39 is 5.97 Å². The lowest BCUT2D eigenvalue weighted by Gasteiger charge is -2.05. The second kappa shape index (κ2) is 8.56. The number of esters is 1. The van der Waals surface area contributed by atoms with Gasteiger partial charge in [0.25, 0.3) is 0 Å². The molecule has 0 spiro atoms. The molecular weight excluding hydrogens is 220 g/mol. The fourth-order valence-corrected chi connectivity index (χ4v) is 1.11. The van der Waals surface area contributed by atoms with E-state index in [4.69, 9.17) is 9.84 Å². The molecule has 0 fully saturated rings. The standard InChI is InChI=1S/C13H20O4/c1-4-5-7-11(3)13(16)17-9-6-8-10(2)12(14)15/h8H,3-7,9H2,1-2H3,(H,14,15). The molecule has 0 aliphatic carbocycles. The summed E-state index contributed by atoms with van der Waals surface area (Å²) in [6.45, 7) is 7.38. The van der Waals surface area contributed by atoms with Gasteiger partial charge in [-0.25, -0.2) is 9.59 Å². The minimum Gasteiger partial charge on any atom is -0.478 e. The van der Waals surface area contributed by atoms with Crippen LogP contribution in [0, 0.1) is 0 Å². The van der Waals surface area contributed by atoms with Gasteiger partial charge in [-0.1, -0.05) is 26.0 Å². The number of carboxylic acids is 1. The lowest BCUT2D eigenvalue weighted by atomic mass is 10.1. The quantitative estimate of drug-likeness (QED) is 0.402. The molecule has 0 aromatic heterocycles. The molecule has 0 amide bonds. The van der Waals surface area contributed by atoms with Gasteiger partial charge in [0.2, 0.25) is 0 Å². The van der Waals surface area contributed by atoms with Crippen LogP contribution in [0.15, 0.2) is 23.8 Å². The van der Waals surface area contributed by atoms with Gasteiger partial charge < -0.3 is 9.84 Å². The highest BCUT2D eigenvalue weighted by molar-refractivity contribution is 5.87. The Morgan fingerprint density at radius 1 is 1.41 bits per heavy atom. The van der Waals surface area contributed by atoms with E-state index in [0.29, 0.717) is 18.4 Å². The van der Waals surface area contributed by atoms with Crippen LogP contribution in [0.1, 0.15) is 39.5 Å². The van der Waals surface area contributed by atoms with Gasteiger partial charge in [0.1, 0.15) is 0 Å². The molecule has 0 unspecified atom stereocenters. The number of ether oxygens (including phenoxy) is 1. The average molecular weight is 240 g/mol. The molecule has 0 aromatic rings. The zero-order valence-electron chi connectivity index (χ0n) is 10.5. The topological polar surface area (TPSA) is 63.6 Å². The summed E-state index contributed by atoms with van der Waals surface area (Å²) in [6, 6.07) is 0. The minimum atomic E-state index is -0.955. The first-order valence-corrected chi connectivity index (χ1v) is 5.74. The summed E-state index contributed by atoms with van der Waals surface area (Å²) in [4.78, 5) is 21.8. The van der Waals surface area contributed by atoms with Gasteiger partial charge in [0.05, 0.1) is 6.61 Å². The number of aliphatic carboxylic acids is 1. The first kappa shape index (κ1) is 15.4. The number of rotatable bonds is 8. The van der Waals surface area contributed by atoms with Crippen LogP contribution in [0.2, 0.25) is 0 Å². The van der Waals surface area contributed by atoms with E-state index in [9.17, 15) is 9.59 Å². The lowest BCUT2D eigenvalue weighted by molar-refractivity contribution is -0.139. The third-order valence-electron chi connectivity index (χ3n) is 2.26. The fourth-order valence-electron chi connectivity index (χ4n) is 1.11. The normalized spacial score (nSPS) is 11.1. The van der Waals surface area contributed by atoms with E-state index >= 15 is 0 Å². The maximum Gasteiger partial charge on any atom is 0.333 e.